The number of alkyl halides is 3. The molecule has 0 amide bonds. The second-order valence-electron chi connectivity index (χ2n) is 7.76. The van der Waals surface area contributed by atoms with E-state index in [9.17, 15) is 23.1 Å². The van der Waals surface area contributed by atoms with Gasteiger partial charge in [0.15, 0.2) is 10.5 Å². The van der Waals surface area contributed by atoms with Crippen LogP contribution >= 0.6 is 11.8 Å². The van der Waals surface area contributed by atoms with Gasteiger partial charge < -0.3 is 9.84 Å². The van der Waals surface area contributed by atoms with Crippen molar-refractivity contribution in [3.05, 3.63) is 95.1 Å². The van der Waals surface area contributed by atoms with Gasteiger partial charge in [0.2, 0.25) is 0 Å². The zero-order chi connectivity index (χ0) is 23.1. The van der Waals surface area contributed by atoms with Crippen molar-refractivity contribution in [1.82, 2.24) is 0 Å². The molecule has 1 aliphatic rings. The molecule has 0 aromatic heterocycles. The Hall–Kier alpha value is -2.77. The van der Waals surface area contributed by atoms with Crippen LogP contribution in [0.15, 0.2) is 77.7 Å². The summed E-state index contributed by atoms with van der Waals surface area (Å²) in [7, 11) is 1.46. The van der Waals surface area contributed by atoms with Gasteiger partial charge in [0.05, 0.1) is 19.1 Å². The van der Waals surface area contributed by atoms with Crippen LogP contribution in [-0.2, 0) is 4.75 Å². The average molecular weight is 459 g/mol. The van der Waals surface area contributed by atoms with Gasteiger partial charge in [-0.1, -0.05) is 48.0 Å². The number of methoxy groups -OCH3 is 1. The van der Waals surface area contributed by atoms with Crippen LogP contribution in [0.1, 0.15) is 33.2 Å². The standard InChI is InChI=1S/C25H21F3O3S/c1-15-8-13-20-19(14-15)23(30)21(22(29)16-9-11-18(31-2)12-10-16)24(32-20,25(26,27)28)17-6-4-3-5-7-17/h3-14,21,23,30H,1-2H3/t21-,23+,24-/m1/s1. The van der Waals surface area contributed by atoms with E-state index in [-0.39, 0.29) is 11.1 Å². The van der Waals surface area contributed by atoms with Crippen molar-refractivity contribution in [2.24, 2.45) is 5.92 Å². The summed E-state index contributed by atoms with van der Waals surface area (Å²) in [6, 6.07) is 18.2. The number of rotatable bonds is 4. The van der Waals surface area contributed by atoms with Crippen LogP contribution in [0.2, 0.25) is 0 Å². The average Bonchev–Trinajstić information content (AvgIpc) is 2.79. The van der Waals surface area contributed by atoms with Crippen molar-refractivity contribution >= 4 is 17.5 Å². The van der Waals surface area contributed by atoms with Crippen LogP contribution in [-0.4, -0.2) is 24.2 Å². The summed E-state index contributed by atoms with van der Waals surface area (Å²) in [5.74, 6) is -2.08. The largest absolute Gasteiger partial charge is 0.497 e. The minimum Gasteiger partial charge on any atom is -0.497 e. The lowest BCUT2D eigenvalue weighted by Crippen LogP contribution is -2.53. The number of aliphatic hydroxyl groups excluding tert-OH is 1. The molecule has 3 aromatic carbocycles. The first-order valence-electron chi connectivity index (χ1n) is 9.97. The van der Waals surface area contributed by atoms with E-state index in [1.807, 2.05) is 0 Å². The van der Waals surface area contributed by atoms with Crippen LogP contribution in [0.3, 0.4) is 0 Å². The molecule has 0 saturated heterocycles. The molecule has 166 valence electrons. The van der Waals surface area contributed by atoms with Crippen LogP contribution in [0.25, 0.3) is 0 Å². The number of fused-ring (bicyclic) bond motifs is 1. The number of aryl methyl sites for hydroxylation is 1. The van der Waals surface area contributed by atoms with Gasteiger partial charge in [-0.15, -0.1) is 11.8 Å². The third-order valence-electron chi connectivity index (χ3n) is 5.79. The Morgan fingerprint density at radius 3 is 2.28 bits per heavy atom. The summed E-state index contributed by atoms with van der Waals surface area (Å²) < 4.78 is 47.3. The van der Waals surface area contributed by atoms with Gasteiger partial charge in [-0.25, -0.2) is 0 Å². The lowest BCUT2D eigenvalue weighted by Gasteiger charge is -2.47. The molecule has 0 aliphatic carbocycles. The lowest BCUT2D eigenvalue weighted by atomic mass is 9.74. The number of benzene rings is 3. The first-order valence-corrected chi connectivity index (χ1v) is 10.8. The SMILES string of the molecule is COc1ccc(C(=O)[C@@H]2[C@@H](O)c3cc(C)ccc3S[C@@]2(c2ccccc2)C(F)(F)F)cc1. The van der Waals surface area contributed by atoms with Crippen molar-refractivity contribution in [3.8, 4) is 5.75 Å². The van der Waals surface area contributed by atoms with Crippen LogP contribution in [0.4, 0.5) is 13.2 Å². The zero-order valence-corrected chi connectivity index (χ0v) is 18.2. The zero-order valence-electron chi connectivity index (χ0n) is 17.4. The van der Waals surface area contributed by atoms with Crippen molar-refractivity contribution in [3.63, 3.8) is 0 Å². The fraction of sp³-hybridized carbons (Fsp3) is 0.240. The van der Waals surface area contributed by atoms with Gasteiger partial charge in [0, 0.05) is 10.5 Å². The van der Waals surface area contributed by atoms with Crippen molar-refractivity contribution < 1.29 is 27.8 Å². The van der Waals surface area contributed by atoms with Gasteiger partial charge in [0.1, 0.15) is 5.75 Å². The molecule has 3 aromatic rings. The molecule has 1 aliphatic heterocycles. The summed E-state index contributed by atoms with van der Waals surface area (Å²) in [5, 5.41) is 11.3. The van der Waals surface area contributed by atoms with E-state index in [2.05, 4.69) is 0 Å². The molecular weight excluding hydrogens is 437 g/mol. The van der Waals surface area contributed by atoms with Crippen molar-refractivity contribution in [2.75, 3.05) is 7.11 Å². The first-order chi connectivity index (χ1) is 15.2. The number of ketones is 1. The minimum atomic E-state index is -4.82. The topological polar surface area (TPSA) is 46.5 Å². The van der Waals surface area contributed by atoms with Crippen molar-refractivity contribution in [1.29, 1.82) is 0 Å². The first kappa shape index (κ1) is 22.4. The predicted octanol–water partition coefficient (Wildman–Crippen LogP) is 6.10. The summed E-state index contributed by atoms with van der Waals surface area (Å²) in [6.07, 6.45) is -6.46. The monoisotopic (exact) mass is 458 g/mol. The Morgan fingerprint density at radius 2 is 1.69 bits per heavy atom. The molecule has 0 bridgehead atoms. The number of thioether (sulfide) groups is 1. The van der Waals surface area contributed by atoms with E-state index >= 15 is 0 Å². The minimum absolute atomic E-state index is 0.0744. The van der Waals surface area contributed by atoms with Crippen LogP contribution in [0.5, 0.6) is 5.75 Å². The highest BCUT2D eigenvalue weighted by Gasteiger charge is 2.67. The summed E-state index contributed by atoms with van der Waals surface area (Å²) >= 11 is 0.585. The van der Waals surface area contributed by atoms with E-state index in [0.717, 1.165) is 5.56 Å². The maximum Gasteiger partial charge on any atom is 0.408 e. The molecule has 1 N–H and O–H groups in total. The van der Waals surface area contributed by atoms with Crippen LogP contribution in [0, 0.1) is 12.8 Å². The molecule has 7 heteroatoms. The number of aliphatic hydroxyl groups is 1. The smallest absolute Gasteiger partial charge is 0.408 e. The quantitative estimate of drug-likeness (QED) is 0.480. The number of halogens is 3. The maximum absolute atomic E-state index is 15.0. The summed E-state index contributed by atoms with van der Waals surface area (Å²) in [4.78, 5) is 13.9. The molecule has 0 radical (unpaired) electrons. The Labute approximate surface area is 188 Å². The van der Waals surface area contributed by atoms with Gasteiger partial charge in [-0.05, 0) is 48.4 Å². The number of hydrogen-bond acceptors (Lipinski definition) is 4. The highest BCUT2D eigenvalue weighted by Crippen LogP contribution is 2.64. The normalized spacial score (nSPS) is 22.8. The van der Waals surface area contributed by atoms with Crippen molar-refractivity contribution in [2.45, 2.75) is 28.8 Å². The molecule has 0 saturated carbocycles. The number of Topliss-reactive ketones (excluding diaryl/α,β-unsaturated/α-hetero) is 1. The molecule has 32 heavy (non-hydrogen) atoms. The number of hydrogen-bond donors (Lipinski definition) is 1. The molecular formula is C25H21F3O3S. The van der Waals surface area contributed by atoms with E-state index in [4.69, 9.17) is 4.74 Å². The second-order valence-corrected chi connectivity index (χ2v) is 9.05. The number of ether oxygens (including phenoxy) is 1. The number of carbonyl (C=O) groups is 1. The molecule has 1 heterocycles. The fourth-order valence-corrected chi connectivity index (χ4v) is 5.73. The van der Waals surface area contributed by atoms with Gasteiger partial charge >= 0.3 is 6.18 Å². The highest BCUT2D eigenvalue weighted by atomic mass is 32.2. The molecule has 3 atom stereocenters. The summed E-state index contributed by atoms with van der Waals surface area (Å²) in [6.45, 7) is 1.79. The fourth-order valence-electron chi connectivity index (χ4n) is 4.22. The predicted molar refractivity (Wildman–Crippen MR) is 117 cm³/mol. The van der Waals surface area contributed by atoms with E-state index in [0.29, 0.717) is 28.0 Å². The van der Waals surface area contributed by atoms with Gasteiger partial charge in [-0.2, -0.15) is 13.2 Å². The maximum atomic E-state index is 15.0. The highest BCUT2D eigenvalue weighted by molar-refractivity contribution is 8.00. The van der Waals surface area contributed by atoms with Gasteiger partial charge in [-0.3, -0.25) is 4.79 Å². The Kier molecular flexibility index (Phi) is 5.81. The van der Waals surface area contributed by atoms with Crippen LogP contribution < -0.4 is 4.74 Å². The number of carbonyl (C=O) groups excluding carboxylic acids is 1. The van der Waals surface area contributed by atoms with Gasteiger partial charge in [0.25, 0.3) is 0 Å². The Bertz CT molecular complexity index is 1130. The molecule has 4 rings (SSSR count). The Morgan fingerprint density at radius 1 is 1.03 bits per heavy atom. The molecule has 0 spiro atoms. The van der Waals surface area contributed by atoms with E-state index in [1.54, 1.807) is 31.2 Å². The third kappa shape index (κ3) is 3.59. The third-order valence-corrected chi connectivity index (χ3v) is 7.42. The molecule has 0 unspecified atom stereocenters. The lowest BCUT2D eigenvalue weighted by molar-refractivity contribution is -0.180. The Balaban J connectivity index is 1.97. The van der Waals surface area contributed by atoms with E-state index < -0.39 is 28.7 Å². The molecule has 0 fully saturated rings. The summed E-state index contributed by atoms with van der Waals surface area (Å²) in [5.41, 5.74) is 1.13. The van der Waals surface area contributed by atoms with E-state index in [1.165, 1.54) is 55.6 Å². The second kappa shape index (κ2) is 8.30. The molecule has 3 nitrogen and oxygen atoms in total.